The molecule has 1 nitrogen and oxygen atoms in total. The van der Waals surface area contributed by atoms with Crippen molar-refractivity contribution in [1.29, 1.82) is 0 Å². The van der Waals surface area contributed by atoms with Crippen LogP contribution in [0.1, 0.15) is 37.7 Å². The van der Waals surface area contributed by atoms with Crippen LogP contribution in [0.3, 0.4) is 0 Å². The highest BCUT2D eigenvalue weighted by Crippen LogP contribution is 2.07. The van der Waals surface area contributed by atoms with Gasteiger partial charge in [0.2, 0.25) is 0 Å². The van der Waals surface area contributed by atoms with Crippen molar-refractivity contribution in [1.82, 2.24) is 5.32 Å². The summed E-state index contributed by atoms with van der Waals surface area (Å²) in [7, 11) is 0. The molecular weight excluding hydrogens is 206 g/mol. The lowest BCUT2D eigenvalue weighted by Gasteiger charge is -2.02. The molecule has 0 aromatic heterocycles. The Morgan fingerprint density at radius 1 is 1.18 bits per heavy atom. The number of benzene rings is 1. The third kappa shape index (κ3) is 4.63. The molecule has 90 valence electrons. The van der Waals surface area contributed by atoms with E-state index in [0.29, 0.717) is 6.04 Å². The lowest BCUT2D eigenvalue weighted by molar-refractivity contribution is 0.622. The van der Waals surface area contributed by atoms with Crippen molar-refractivity contribution in [3.63, 3.8) is 0 Å². The highest BCUT2D eigenvalue weighted by molar-refractivity contribution is 5.15. The third-order valence-electron chi connectivity index (χ3n) is 3.25. The topological polar surface area (TPSA) is 12.0 Å². The van der Waals surface area contributed by atoms with Gasteiger partial charge in [-0.3, -0.25) is 0 Å². The predicted molar refractivity (Wildman–Crippen MR) is 72.8 cm³/mol. The van der Waals surface area contributed by atoms with Crippen LogP contribution in [0.25, 0.3) is 0 Å². The summed E-state index contributed by atoms with van der Waals surface area (Å²) in [5, 5.41) is 3.47. The summed E-state index contributed by atoms with van der Waals surface area (Å²) < 4.78 is 0. The van der Waals surface area contributed by atoms with Crippen LogP contribution >= 0.6 is 0 Å². The summed E-state index contributed by atoms with van der Waals surface area (Å²) in [4.78, 5) is 0. The number of unbranched alkanes of at least 4 members (excludes halogenated alkanes) is 1. The van der Waals surface area contributed by atoms with E-state index < -0.39 is 0 Å². The van der Waals surface area contributed by atoms with Crippen LogP contribution in [0.4, 0.5) is 0 Å². The van der Waals surface area contributed by atoms with Gasteiger partial charge in [-0.25, -0.2) is 0 Å². The lowest BCUT2D eigenvalue weighted by atomic mass is 10.1. The molecule has 1 aromatic rings. The molecule has 17 heavy (non-hydrogen) atoms. The zero-order valence-electron chi connectivity index (χ0n) is 10.4. The summed E-state index contributed by atoms with van der Waals surface area (Å²) in [6, 6.07) is 11.3. The molecule has 0 saturated carbocycles. The second kappa shape index (κ2) is 7.14. The van der Waals surface area contributed by atoms with E-state index in [4.69, 9.17) is 0 Å². The van der Waals surface area contributed by atoms with Crippen molar-refractivity contribution in [2.45, 2.75) is 44.6 Å². The van der Waals surface area contributed by atoms with Crippen molar-refractivity contribution < 1.29 is 0 Å². The van der Waals surface area contributed by atoms with Gasteiger partial charge < -0.3 is 5.32 Å². The van der Waals surface area contributed by atoms with Crippen LogP contribution in [0.2, 0.25) is 0 Å². The van der Waals surface area contributed by atoms with Crippen LogP contribution in [0.5, 0.6) is 0 Å². The van der Waals surface area contributed by atoms with Gasteiger partial charge in [-0.1, -0.05) is 30.3 Å². The van der Waals surface area contributed by atoms with Gasteiger partial charge >= 0.3 is 0 Å². The third-order valence-corrected chi connectivity index (χ3v) is 3.25. The standard InChI is InChI=1S/C16H21N/c1(2-7-12-16-13-8-14-17-16)4-9-15-10-5-3-6-11-15/h3,5-6,10-11,16-17H,1,4,8-9,12-14H2. The van der Waals surface area contributed by atoms with E-state index in [9.17, 15) is 0 Å². The smallest absolute Gasteiger partial charge is 0.0243 e. The Labute approximate surface area is 105 Å². The molecule has 2 rings (SSSR count). The zero-order chi connectivity index (χ0) is 11.8. The normalized spacial score (nSPS) is 18.7. The Morgan fingerprint density at radius 3 is 2.82 bits per heavy atom. The summed E-state index contributed by atoms with van der Waals surface area (Å²) >= 11 is 0. The fourth-order valence-electron chi connectivity index (χ4n) is 2.24. The van der Waals surface area contributed by atoms with E-state index in [-0.39, 0.29) is 0 Å². The molecule has 1 N–H and O–H groups in total. The molecule has 1 unspecified atom stereocenters. The van der Waals surface area contributed by atoms with Crippen molar-refractivity contribution in [2.75, 3.05) is 6.54 Å². The fraction of sp³-hybridized carbons (Fsp3) is 0.500. The minimum atomic E-state index is 0.664. The Kier molecular flexibility index (Phi) is 5.13. The maximum atomic E-state index is 3.47. The molecule has 0 aliphatic carbocycles. The van der Waals surface area contributed by atoms with E-state index in [1.165, 1.54) is 31.4 Å². The maximum absolute atomic E-state index is 3.47. The number of hydrogen-bond acceptors (Lipinski definition) is 1. The lowest BCUT2D eigenvalue weighted by Crippen LogP contribution is -2.20. The molecule has 0 bridgehead atoms. The van der Waals surface area contributed by atoms with Gasteiger partial charge in [0.15, 0.2) is 0 Å². The largest absolute Gasteiger partial charge is 0.313 e. The van der Waals surface area contributed by atoms with Crippen molar-refractivity contribution >= 4 is 0 Å². The van der Waals surface area contributed by atoms with Crippen molar-refractivity contribution in [3.8, 4) is 11.8 Å². The minimum Gasteiger partial charge on any atom is -0.313 e. The van der Waals surface area contributed by atoms with Gasteiger partial charge in [0.25, 0.3) is 0 Å². The molecular formula is C16H21N. The van der Waals surface area contributed by atoms with E-state index in [1.54, 1.807) is 0 Å². The number of hydrogen-bond donors (Lipinski definition) is 1. The SMILES string of the molecule is C(#CCC1CCCN1)CCCc1ccccc1. The molecule has 1 aliphatic heterocycles. The maximum Gasteiger partial charge on any atom is 0.0243 e. The van der Waals surface area contributed by atoms with Crippen molar-refractivity contribution in [2.24, 2.45) is 0 Å². The Morgan fingerprint density at radius 2 is 2.06 bits per heavy atom. The summed E-state index contributed by atoms with van der Waals surface area (Å²) in [6.07, 6.45) is 7.01. The van der Waals surface area contributed by atoms with E-state index in [0.717, 1.165) is 19.3 Å². The Bertz CT molecular complexity index is 366. The second-order valence-electron chi connectivity index (χ2n) is 4.69. The molecule has 0 radical (unpaired) electrons. The van der Waals surface area contributed by atoms with Crippen LogP contribution in [0, 0.1) is 11.8 Å². The predicted octanol–water partition coefficient (Wildman–Crippen LogP) is 3.15. The molecule has 1 aromatic carbocycles. The van der Waals surface area contributed by atoms with Gasteiger partial charge in [-0.15, -0.1) is 11.8 Å². The highest BCUT2D eigenvalue weighted by Gasteiger charge is 2.11. The number of aryl methyl sites for hydroxylation is 1. The molecule has 1 atom stereocenters. The first kappa shape index (κ1) is 12.2. The quantitative estimate of drug-likeness (QED) is 0.615. The minimum absolute atomic E-state index is 0.664. The van der Waals surface area contributed by atoms with Gasteiger partial charge in [0, 0.05) is 18.9 Å². The Hall–Kier alpha value is -1.26. The van der Waals surface area contributed by atoms with Crippen molar-refractivity contribution in [3.05, 3.63) is 35.9 Å². The summed E-state index contributed by atoms with van der Waals surface area (Å²) in [5.74, 6) is 6.59. The second-order valence-corrected chi connectivity index (χ2v) is 4.69. The average molecular weight is 227 g/mol. The zero-order valence-corrected chi connectivity index (χ0v) is 10.4. The van der Waals surface area contributed by atoms with Crippen LogP contribution in [-0.2, 0) is 6.42 Å². The molecule has 1 heterocycles. The summed E-state index contributed by atoms with van der Waals surface area (Å²) in [5.41, 5.74) is 1.42. The first-order valence-electron chi connectivity index (χ1n) is 6.68. The van der Waals surface area contributed by atoms with Gasteiger partial charge in [0.1, 0.15) is 0 Å². The van der Waals surface area contributed by atoms with Gasteiger partial charge in [-0.2, -0.15) is 0 Å². The highest BCUT2D eigenvalue weighted by atomic mass is 14.9. The molecule has 0 spiro atoms. The summed E-state index contributed by atoms with van der Waals surface area (Å²) in [6.45, 7) is 1.18. The monoisotopic (exact) mass is 227 g/mol. The van der Waals surface area contributed by atoms with Crippen LogP contribution in [-0.4, -0.2) is 12.6 Å². The Balaban J connectivity index is 1.58. The molecule has 1 aliphatic rings. The molecule has 1 fully saturated rings. The van der Waals surface area contributed by atoms with Crippen LogP contribution < -0.4 is 5.32 Å². The fourth-order valence-corrected chi connectivity index (χ4v) is 2.24. The van der Waals surface area contributed by atoms with E-state index >= 15 is 0 Å². The van der Waals surface area contributed by atoms with E-state index in [2.05, 4.69) is 47.5 Å². The first-order valence-corrected chi connectivity index (χ1v) is 6.68. The number of rotatable bonds is 4. The van der Waals surface area contributed by atoms with E-state index in [1.807, 2.05) is 0 Å². The first-order chi connectivity index (χ1) is 8.45. The average Bonchev–Trinajstić information content (AvgIpc) is 2.88. The van der Waals surface area contributed by atoms with Gasteiger partial charge in [-0.05, 0) is 37.8 Å². The number of nitrogens with one attached hydrogen (secondary N) is 1. The molecule has 0 amide bonds. The molecule has 1 saturated heterocycles. The van der Waals surface area contributed by atoms with Crippen LogP contribution in [0.15, 0.2) is 30.3 Å². The van der Waals surface area contributed by atoms with Gasteiger partial charge in [0.05, 0.1) is 0 Å². The molecule has 1 heteroatoms.